The zero-order valence-corrected chi connectivity index (χ0v) is 17.2. The number of carbonyl (C=O) groups is 1. The summed E-state index contributed by atoms with van der Waals surface area (Å²) in [6.45, 7) is 2.47. The number of hydrogen-bond donors (Lipinski definition) is 2. The van der Waals surface area contributed by atoms with Gasteiger partial charge in [0, 0.05) is 21.3 Å². The smallest absolute Gasteiger partial charge is 0.234 e. The fourth-order valence-electron chi connectivity index (χ4n) is 2.42. The molecule has 7 nitrogen and oxygen atoms in total. The van der Waals surface area contributed by atoms with Crippen molar-refractivity contribution in [3.8, 4) is 17.1 Å². The Hall–Kier alpha value is -2.42. The number of nitrogens with zero attached hydrogens (tertiary/aromatic N) is 3. The van der Waals surface area contributed by atoms with E-state index in [0.717, 1.165) is 11.3 Å². The van der Waals surface area contributed by atoms with E-state index in [9.17, 15) is 4.79 Å². The zero-order valence-electron chi connectivity index (χ0n) is 14.9. The number of halogens is 2. The third-order valence-electron chi connectivity index (χ3n) is 3.55. The third kappa shape index (κ3) is 5.09. The van der Waals surface area contributed by atoms with Gasteiger partial charge in [-0.25, -0.2) is 4.68 Å². The summed E-state index contributed by atoms with van der Waals surface area (Å²) < 4.78 is 6.84. The Bertz CT molecular complexity index is 976. The van der Waals surface area contributed by atoms with Gasteiger partial charge in [-0.1, -0.05) is 47.1 Å². The number of anilines is 1. The van der Waals surface area contributed by atoms with Crippen LogP contribution >= 0.6 is 35.0 Å². The molecule has 0 saturated heterocycles. The number of benzene rings is 2. The number of carbonyl (C=O) groups excluding carboxylic acids is 1. The fraction of sp³-hybridized carbons (Fsp3) is 0.167. The molecular formula is C18H17Cl2N5O2S. The van der Waals surface area contributed by atoms with Gasteiger partial charge >= 0.3 is 0 Å². The zero-order chi connectivity index (χ0) is 20.1. The van der Waals surface area contributed by atoms with Crippen molar-refractivity contribution in [1.82, 2.24) is 14.9 Å². The maximum Gasteiger partial charge on any atom is 0.234 e. The van der Waals surface area contributed by atoms with Crippen LogP contribution in [0.1, 0.15) is 6.92 Å². The molecule has 0 unspecified atom stereocenters. The van der Waals surface area contributed by atoms with Crippen molar-refractivity contribution in [2.45, 2.75) is 12.1 Å². The van der Waals surface area contributed by atoms with Crippen molar-refractivity contribution in [1.29, 1.82) is 0 Å². The Balaban J connectivity index is 1.66. The highest BCUT2D eigenvalue weighted by Crippen LogP contribution is 2.26. The molecular weight excluding hydrogens is 421 g/mol. The number of nitrogens with one attached hydrogen (secondary N) is 1. The first kappa shape index (κ1) is 20.3. The fourth-order valence-corrected chi connectivity index (χ4v) is 3.60. The molecule has 3 aromatic rings. The Kier molecular flexibility index (Phi) is 6.66. The van der Waals surface area contributed by atoms with E-state index in [0.29, 0.717) is 33.3 Å². The molecule has 0 aliphatic heterocycles. The van der Waals surface area contributed by atoms with Crippen LogP contribution < -0.4 is 15.9 Å². The minimum absolute atomic E-state index is 0.0957. The topological polar surface area (TPSA) is 95.1 Å². The van der Waals surface area contributed by atoms with Crippen LogP contribution in [0.25, 0.3) is 11.4 Å². The van der Waals surface area contributed by atoms with Crippen LogP contribution in [0, 0.1) is 0 Å². The first-order valence-electron chi connectivity index (χ1n) is 8.28. The Labute approximate surface area is 176 Å². The van der Waals surface area contributed by atoms with Crippen LogP contribution in [0.3, 0.4) is 0 Å². The lowest BCUT2D eigenvalue weighted by Gasteiger charge is -2.07. The highest BCUT2D eigenvalue weighted by atomic mass is 35.5. The molecule has 28 heavy (non-hydrogen) atoms. The third-order valence-corrected chi connectivity index (χ3v) is 4.93. The molecule has 1 amide bonds. The number of aromatic nitrogens is 3. The first-order valence-corrected chi connectivity index (χ1v) is 10.0. The van der Waals surface area contributed by atoms with Crippen molar-refractivity contribution >= 4 is 46.6 Å². The average Bonchev–Trinajstić information content (AvgIpc) is 3.00. The molecule has 10 heteroatoms. The number of nitrogen functional groups attached to an aromatic ring is 1. The van der Waals surface area contributed by atoms with Crippen LogP contribution in [0.5, 0.6) is 5.75 Å². The largest absolute Gasteiger partial charge is 0.494 e. The van der Waals surface area contributed by atoms with Gasteiger partial charge in [0.05, 0.1) is 12.4 Å². The van der Waals surface area contributed by atoms with E-state index in [2.05, 4.69) is 15.5 Å². The highest BCUT2D eigenvalue weighted by Gasteiger charge is 2.14. The van der Waals surface area contributed by atoms with Crippen molar-refractivity contribution in [3.05, 3.63) is 52.5 Å². The van der Waals surface area contributed by atoms with Crippen molar-refractivity contribution in [2.24, 2.45) is 0 Å². The predicted molar refractivity (Wildman–Crippen MR) is 113 cm³/mol. The van der Waals surface area contributed by atoms with Crippen molar-refractivity contribution in [3.63, 3.8) is 0 Å². The summed E-state index contributed by atoms with van der Waals surface area (Å²) in [4.78, 5) is 12.2. The molecule has 0 aliphatic carbocycles. The molecule has 0 bridgehead atoms. The number of thioether (sulfide) groups is 1. The lowest BCUT2D eigenvalue weighted by atomic mass is 10.2. The number of amides is 1. The second kappa shape index (κ2) is 9.18. The normalized spacial score (nSPS) is 10.7. The molecule has 0 fully saturated rings. The number of nitrogens with two attached hydrogens (primary N) is 1. The SMILES string of the molecule is CCOc1cccc(-c2nnc(SCC(=O)Nc3cc(Cl)cc(Cl)c3)n2N)c1. The molecule has 3 N–H and O–H groups in total. The van der Waals surface area contributed by atoms with Crippen LogP contribution in [0.15, 0.2) is 47.6 Å². The maximum atomic E-state index is 12.2. The Morgan fingerprint density at radius 2 is 1.96 bits per heavy atom. The quantitative estimate of drug-likeness (QED) is 0.426. The molecule has 0 spiro atoms. The van der Waals surface area contributed by atoms with Gasteiger partial charge in [0.1, 0.15) is 5.75 Å². The molecule has 2 aromatic carbocycles. The lowest BCUT2D eigenvalue weighted by Crippen LogP contribution is -2.16. The first-order chi connectivity index (χ1) is 13.5. The predicted octanol–water partition coefficient (Wildman–Crippen LogP) is 4.10. The monoisotopic (exact) mass is 437 g/mol. The van der Waals surface area contributed by atoms with Crippen LogP contribution in [-0.2, 0) is 4.79 Å². The Morgan fingerprint density at radius 1 is 1.21 bits per heavy atom. The standard InChI is InChI=1S/C18H17Cl2N5O2S/c1-2-27-15-5-3-4-11(6-15)17-23-24-18(25(17)21)28-10-16(26)22-14-8-12(19)7-13(20)9-14/h3-9H,2,10,21H2,1H3,(H,22,26). The summed E-state index contributed by atoms with van der Waals surface area (Å²) in [6.07, 6.45) is 0. The molecule has 0 aliphatic rings. The summed E-state index contributed by atoms with van der Waals surface area (Å²) in [6, 6.07) is 12.2. The van der Waals surface area contributed by atoms with E-state index in [1.165, 1.54) is 16.4 Å². The summed E-state index contributed by atoms with van der Waals surface area (Å²) >= 11 is 13.0. The second-order valence-electron chi connectivity index (χ2n) is 5.63. The second-order valence-corrected chi connectivity index (χ2v) is 7.45. The van der Waals surface area contributed by atoms with Crippen molar-refractivity contribution in [2.75, 3.05) is 23.5 Å². The van der Waals surface area contributed by atoms with Gasteiger partial charge in [-0.2, -0.15) is 0 Å². The van der Waals surface area contributed by atoms with E-state index in [-0.39, 0.29) is 11.7 Å². The minimum Gasteiger partial charge on any atom is -0.494 e. The molecule has 0 saturated carbocycles. The van der Waals surface area contributed by atoms with E-state index < -0.39 is 0 Å². The molecule has 1 aromatic heterocycles. The highest BCUT2D eigenvalue weighted by molar-refractivity contribution is 7.99. The van der Waals surface area contributed by atoms with Gasteiger partial charge in [0.15, 0.2) is 5.82 Å². The van der Waals surface area contributed by atoms with Gasteiger partial charge in [-0.05, 0) is 37.3 Å². The summed E-state index contributed by atoms with van der Waals surface area (Å²) in [5.41, 5.74) is 1.29. The van der Waals surface area contributed by atoms with Crippen LogP contribution in [0.2, 0.25) is 10.0 Å². The number of hydrogen-bond acceptors (Lipinski definition) is 6. The van der Waals surface area contributed by atoms with E-state index in [4.69, 9.17) is 33.8 Å². The Morgan fingerprint density at radius 3 is 2.68 bits per heavy atom. The van der Waals surface area contributed by atoms with E-state index in [1.807, 2.05) is 31.2 Å². The number of ether oxygens (including phenoxy) is 1. The van der Waals surface area contributed by atoms with Gasteiger partial charge in [-0.15, -0.1) is 10.2 Å². The van der Waals surface area contributed by atoms with E-state index >= 15 is 0 Å². The van der Waals surface area contributed by atoms with Gasteiger partial charge in [0.2, 0.25) is 11.1 Å². The molecule has 1 heterocycles. The summed E-state index contributed by atoms with van der Waals surface area (Å²) in [7, 11) is 0. The summed E-state index contributed by atoms with van der Waals surface area (Å²) in [5.74, 6) is 7.15. The average molecular weight is 438 g/mol. The van der Waals surface area contributed by atoms with Crippen molar-refractivity contribution < 1.29 is 9.53 Å². The van der Waals surface area contributed by atoms with Crippen LogP contribution in [0.4, 0.5) is 5.69 Å². The van der Waals surface area contributed by atoms with Gasteiger partial charge in [-0.3, -0.25) is 4.79 Å². The summed E-state index contributed by atoms with van der Waals surface area (Å²) in [5, 5.41) is 12.2. The molecule has 3 rings (SSSR count). The minimum atomic E-state index is -0.244. The molecule has 0 atom stereocenters. The van der Waals surface area contributed by atoms with Gasteiger partial charge in [0.25, 0.3) is 0 Å². The molecule has 0 radical (unpaired) electrons. The van der Waals surface area contributed by atoms with E-state index in [1.54, 1.807) is 18.2 Å². The lowest BCUT2D eigenvalue weighted by molar-refractivity contribution is -0.113. The van der Waals surface area contributed by atoms with Gasteiger partial charge < -0.3 is 15.9 Å². The maximum absolute atomic E-state index is 12.2. The number of rotatable bonds is 7. The molecule has 146 valence electrons. The van der Waals surface area contributed by atoms with Crippen LogP contribution in [-0.4, -0.2) is 33.1 Å².